The number of benzene rings is 1. The number of aryl methyl sites for hydroxylation is 1. The maximum Gasteiger partial charge on any atom is 0.251 e. The quantitative estimate of drug-likeness (QED) is 0.666. The largest absolute Gasteiger partial charge is 0.493 e. The molecule has 0 bridgehead atoms. The Kier molecular flexibility index (Phi) is 4.57. The SMILES string of the molecule is CNC(=O)c1cccc(CSc2nc(C)cc(O)n2)c1. The summed E-state index contributed by atoms with van der Waals surface area (Å²) in [5, 5.41) is 12.5. The number of hydrogen-bond acceptors (Lipinski definition) is 5. The van der Waals surface area contributed by atoms with Crippen molar-refractivity contribution in [1.82, 2.24) is 15.3 Å². The van der Waals surface area contributed by atoms with E-state index in [2.05, 4.69) is 15.3 Å². The molecule has 2 rings (SSSR count). The summed E-state index contributed by atoms with van der Waals surface area (Å²) in [6.45, 7) is 1.80. The Bertz CT molecular complexity index is 611. The number of thioether (sulfide) groups is 1. The Morgan fingerprint density at radius 3 is 2.85 bits per heavy atom. The van der Waals surface area contributed by atoms with Gasteiger partial charge >= 0.3 is 0 Å². The predicted molar refractivity (Wildman–Crippen MR) is 77.8 cm³/mol. The van der Waals surface area contributed by atoms with Gasteiger partial charge in [-0.2, -0.15) is 4.98 Å². The molecule has 0 fully saturated rings. The van der Waals surface area contributed by atoms with Crippen molar-refractivity contribution in [3.63, 3.8) is 0 Å². The maximum absolute atomic E-state index is 11.6. The number of hydrogen-bond donors (Lipinski definition) is 2. The van der Waals surface area contributed by atoms with E-state index in [1.54, 1.807) is 20.0 Å². The highest BCUT2D eigenvalue weighted by atomic mass is 32.2. The molecular weight excluding hydrogens is 274 g/mol. The van der Waals surface area contributed by atoms with Crippen molar-refractivity contribution in [2.75, 3.05) is 7.05 Å². The fraction of sp³-hybridized carbons (Fsp3) is 0.214. The van der Waals surface area contributed by atoms with Crippen molar-refractivity contribution in [2.45, 2.75) is 17.8 Å². The van der Waals surface area contributed by atoms with Gasteiger partial charge in [0.05, 0.1) is 0 Å². The summed E-state index contributed by atoms with van der Waals surface area (Å²) < 4.78 is 0. The number of aromatic nitrogens is 2. The van der Waals surface area contributed by atoms with Crippen LogP contribution >= 0.6 is 11.8 Å². The fourth-order valence-electron chi connectivity index (χ4n) is 1.68. The van der Waals surface area contributed by atoms with Crippen LogP contribution in [-0.4, -0.2) is 28.0 Å². The lowest BCUT2D eigenvalue weighted by atomic mass is 10.1. The lowest BCUT2D eigenvalue weighted by molar-refractivity contribution is 0.0963. The lowest BCUT2D eigenvalue weighted by Crippen LogP contribution is -2.17. The van der Waals surface area contributed by atoms with E-state index in [1.165, 1.54) is 17.8 Å². The molecule has 0 saturated heterocycles. The Balaban J connectivity index is 2.09. The molecular formula is C14H15N3O2S. The van der Waals surface area contributed by atoms with Crippen LogP contribution in [0.1, 0.15) is 21.6 Å². The second kappa shape index (κ2) is 6.38. The van der Waals surface area contributed by atoms with Crippen LogP contribution in [0.15, 0.2) is 35.5 Å². The van der Waals surface area contributed by atoms with E-state index in [0.717, 1.165) is 11.3 Å². The zero-order chi connectivity index (χ0) is 14.5. The molecule has 0 aliphatic heterocycles. The molecule has 104 valence electrons. The zero-order valence-electron chi connectivity index (χ0n) is 11.3. The third kappa shape index (κ3) is 3.71. The zero-order valence-corrected chi connectivity index (χ0v) is 12.1. The van der Waals surface area contributed by atoms with Crippen LogP contribution in [0.3, 0.4) is 0 Å². The van der Waals surface area contributed by atoms with Crippen molar-refractivity contribution >= 4 is 17.7 Å². The minimum Gasteiger partial charge on any atom is -0.493 e. The van der Waals surface area contributed by atoms with Crippen molar-refractivity contribution < 1.29 is 9.90 Å². The van der Waals surface area contributed by atoms with Crippen LogP contribution in [0.2, 0.25) is 0 Å². The summed E-state index contributed by atoms with van der Waals surface area (Å²) >= 11 is 1.42. The van der Waals surface area contributed by atoms with Crippen LogP contribution in [-0.2, 0) is 5.75 Å². The van der Waals surface area contributed by atoms with Crippen LogP contribution in [0.25, 0.3) is 0 Å². The molecule has 0 atom stereocenters. The molecule has 6 heteroatoms. The Morgan fingerprint density at radius 1 is 1.35 bits per heavy atom. The molecule has 1 heterocycles. The van der Waals surface area contributed by atoms with E-state index in [0.29, 0.717) is 16.5 Å². The van der Waals surface area contributed by atoms with Gasteiger partial charge in [-0.3, -0.25) is 4.79 Å². The molecule has 0 aliphatic carbocycles. The highest BCUT2D eigenvalue weighted by molar-refractivity contribution is 7.98. The predicted octanol–water partition coefficient (Wildman–Crippen LogP) is 2.14. The highest BCUT2D eigenvalue weighted by Crippen LogP contribution is 2.22. The summed E-state index contributed by atoms with van der Waals surface area (Å²) in [7, 11) is 1.60. The lowest BCUT2D eigenvalue weighted by Gasteiger charge is -2.05. The van der Waals surface area contributed by atoms with Gasteiger partial charge in [-0.1, -0.05) is 23.9 Å². The number of nitrogens with zero attached hydrogens (tertiary/aromatic N) is 2. The van der Waals surface area contributed by atoms with Gasteiger partial charge in [-0.05, 0) is 24.6 Å². The van der Waals surface area contributed by atoms with Crippen molar-refractivity contribution in [2.24, 2.45) is 0 Å². The first-order valence-corrected chi connectivity index (χ1v) is 7.05. The molecule has 0 radical (unpaired) electrons. The third-order valence-corrected chi connectivity index (χ3v) is 3.52. The average Bonchev–Trinajstić information content (AvgIpc) is 2.43. The number of rotatable bonds is 4. The van der Waals surface area contributed by atoms with Gasteiger partial charge in [-0.15, -0.1) is 0 Å². The van der Waals surface area contributed by atoms with E-state index < -0.39 is 0 Å². The van der Waals surface area contributed by atoms with Gasteiger partial charge in [0, 0.05) is 30.1 Å². The van der Waals surface area contributed by atoms with Gasteiger partial charge in [0.2, 0.25) is 5.88 Å². The van der Waals surface area contributed by atoms with Crippen LogP contribution in [0, 0.1) is 6.92 Å². The standard InChI is InChI=1S/C14H15N3O2S/c1-9-6-12(18)17-14(16-9)20-8-10-4-3-5-11(7-10)13(19)15-2/h3-7H,8H2,1-2H3,(H,15,19)(H,16,17,18). The average molecular weight is 289 g/mol. The molecule has 0 saturated carbocycles. The number of amides is 1. The topological polar surface area (TPSA) is 75.1 Å². The van der Waals surface area contributed by atoms with E-state index >= 15 is 0 Å². The van der Waals surface area contributed by atoms with Crippen molar-refractivity contribution in [1.29, 1.82) is 0 Å². The second-order valence-electron chi connectivity index (χ2n) is 4.22. The first kappa shape index (κ1) is 14.3. The van der Waals surface area contributed by atoms with Gasteiger partial charge in [0.1, 0.15) is 0 Å². The van der Waals surface area contributed by atoms with Crippen LogP contribution < -0.4 is 5.32 Å². The van der Waals surface area contributed by atoms with E-state index in [4.69, 9.17) is 0 Å². The molecule has 2 N–H and O–H groups in total. The molecule has 1 aromatic heterocycles. The molecule has 5 nitrogen and oxygen atoms in total. The molecule has 0 spiro atoms. The number of carbonyl (C=O) groups is 1. The first-order valence-electron chi connectivity index (χ1n) is 6.07. The first-order chi connectivity index (χ1) is 9.58. The number of nitrogens with one attached hydrogen (secondary N) is 1. The molecule has 1 aromatic carbocycles. The summed E-state index contributed by atoms with van der Waals surface area (Å²) in [5.74, 6) is 0.494. The van der Waals surface area contributed by atoms with Gasteiger partial charge < -0.3 is 10.4 Å². The normalized spacial score (nSPS) is 10.3. The highest BCUT2D eigenvalue weighted by Gasteiger charge is 2.06. The monoisotopic (exact) mass is 289 g/mol. The fourth-order valence-corrected chi connectivity index (χ4v) is 2.53. The van der Waals surface area contributed by atoms with Crippen molar-refractivity contribution in [3.05, 3.63) is 47.2 Å². The third-order valence-electron chi connectivity index (χ3n) is 2.60. The van der Waals surface area contributed by atoms with E-state index in [-0.39, 0.29) is 11.8 Å². The van der Waals surface area contributed by atoms with Gasteiger partial charge in [0.15, 0.2) is 5.16 Å². The molecule has 0 aliphatic rings. The molecule has 1 amide bonds. The van der Waals surface area contributed by atoms with Gasteiger partial charge in [0.25, 0.3) is 5.91 Å². The van der Waals surface area contributed by atoms with Gasteiger partial charge in [-0.25, -0.2) is 4.98 Å². The van der Waals surface area contributed by atoms with Crippen molar-refractivity contribution in [3.8, 4) is 5.88 Å². The smallest absolute Gasteiger partial charge is 0.251 e. The summed E-state index contributed by atoms with van der Waals surface area (Å²) in [4.78, 5) is 19.7. The summed E-state index contributed by atoms with van der Waals surface area (Å²) in [6.07, 6.45) is 0. The minimum atomic E-state index is -0.110. The van der Waals surface area contributed by atoms with Crippen LogP contribution in [0.4, 0.5) is 0 Å². The molecule has 20 heavy (non-hydrogen) atoms. The molecule has 0 unspecified atom stereocenters. The number of aromatic hydroxyl groups is 1. The minimum absolute atomic E-state index is 0.0286. The number of carbonyl (C=O) groups excluding carboxylic acids is 1. The van der Waals surface area contributed by atoms with E-state index in [9.17, 15) is 9.90 Å². The maximum atomic E-state index is 11.6. The van der Waals surface area contributed by atoms with Crippen LogP contribution in [0.5, 0.6) is 5.88 Å². The summed E-state index contributed by atoms with van der Waals surface area (Å²) in [5.41, 5.74) is 2.35. The Labute approximate surface area is 121 Å². The summed E-state index contributed by atoms with van der Waals surface area (Å²) in [6, 6.07) is 8.89. The Morgan fingerprint density at radius 2 is 2.15 bits per heavy atom. The second-order valence-corrected chi connectivity index (χ2v) is 5.16. The van der Waals surface area contributed by atoms with E-state index in [1.807, 2.05) is 18.2 Å². The Hall–Kier alpha value is -2.08. The molecule has 2 aromatic rings.